The lowest BCUT2D eigenvalue weighted by molar-refractivity contribution is 0.207. The van der Waals surface area contributed by atoms with Crippen molar-refractivity contribution in [2.24, 2.45) is 0 Å². The molecular formula is C9H7ClN2O5S. The number of nitrogens with zero attached hydrogens (tertiary/aromatic N) is 1. The van der Waals surface area contributed by atoms with Crippen LogP contribution in [0, 0.1) is 11.3 Å². The molecule has 0 fully saturated rings. The maximum atomic E-state index is 11.1. The van der Waals surface area contributed by atoms with Crippen molar-refractivity contribution in [3.05, 3.63) is 23.8 Å². The van der Waals surface area contributed by atoms with Crippen LogP contribution in [0.2, 0.25) is 0 Å². The normalized spacial score (nSPS) is 10.3. The highest BCUT2D eigenvalue weighted by atomic mass is 35.7. The van der Waals surface area contributed by atoms with Crippen LogP contribution in [-0.2, 0) is 9.24 Å². The average Bonchev–Trinajstić information content (AvgIpc) is 2.25. The molecule has 0 atom stereocenters. The zero-order valence-corrected chi connectivity index (χ0v) is 10.6. The second-order valence-corrected chi connectivity index (χ2v) is 5.24. The highest BCUT2D eigenvalue weighted by Gasteiger charge is 2.13. The van der Waals surface area contributed by atoms with E-state index in [-0.39, 0.29) is 17.1 Å². The van der Waals surface area contributed by atoms with Crippen LogP contribution in [0.25, 0.3) is 0 Å². The summed E-state index contributed by atoms with van der Waals surface area (Å²) in [7, 11) is 1.94. The first-order valence-corrected chi connectivity index (χ1v) is 6.68. The van der Waals surface area contributed by atoms with Gasteiger partial charge in [-0.05, 0) is 12.1 Å². The summed E-state index contributed by atoms with van der Waals surface area (Å²) < 4.78 is 32.0. The van der Waals surface area contributed by atoms with Crippen LogP contribution in [0.15, 0.2) is 18.2 Å². The molecule has 1 amide bonds. The van der Waals surface area contributed by atoms with Crippen molar-refractivity contribution in [1.82, 2.24) is 4.72 Å². The van der Waals surface area contributed by atoms with Crippen LogP contribution in [0.1, 0.15) is 5.56 Å². The maximum Gasteiger partial charge on any atom is 0.427 e. The number of nitriles is 1. The molecule has 1 rings (SSSR count). The number of benzene rings is 1. The molecule has 1 aromatic carbocycles. The molecule has 0 unspecified atom stereocenters. The molecule has 0 radical (unpaired) electrons. The van der Waals surface area contributed by atoms with Gasteiger partial charge in [0, 0.05) is 16.7 Å². The van der Waals surface area contributed by atoms with Gasteiger partial charge in [0.05, 0.1) is 18.7 Å². The molecule has 0 aromatic heterocycles. The Morgan fingerprint density at radius 1 is 1.39 bits per heavy atom. The maximum absolute atomic E-state index is 11.1. The Morgan fingerprint density at radius 2 is 2.00 bits per heavy atom. The van der Waals surface area contributed by atoms with Gasteiger partial charge in [0.2, 0.25) is 0 Å². The quantitative estimate of drug-likeness (QED) is 0.837. The summed E-state index contributed by atoms with van der Waals surface area (Å²) >= 11 is 0. The average molecular weight is 291 g/mol. The Bertz CT molecular complexity index is 608. The molecule has 0 aliphatic heterocycles. The van der Waals surface area contributed by atoms with Crippen LogP contribution in [0.5, 0.6) is 11.5 Å². The highest BCUT2D eigenvalue weighted by molar-refractivity contribution is 8.12. The molecule has 0 aliphatic rings. The Morgan fingerprint density at radius 3 is 2.50 bits per heavy atom. The largest absolute Gasteiger partial charge is 0.497 e. The zero-order valence-electron chi connectivity index (χ0n) is 9.01. The van der Waals surface area contributed by atoms with Gasteiger partial charge >= 0.3 is 15.3 Å². The Labute approximate surface area is 107 Å². The van der Waals surface area contributed by atoms with E-state index in [1.54, 1.807) is 0 Å². The summed E-state index contributed by atoms with van der Waals surface area (Å²) in [5.74, 6) is 0.231. The van der Waals surface area contributed by atoms with E-state index >= 15 is 0 Å². The van der Waals surface area contributed by atoms with Gasteiger partial charge in [-0.25, -0.2) is 9.52 Å². The van der Waals surface area contributed by atoms with Gasteiger partial charge in [-0.1, -0.05) is 0 Å². The third kappa shape index (κ3) is 4.48. The van der Waals surface area contributed by atoms with Gasteiger partial charge in [0.1, 0.15) is 11.5 Å². The molecule has 0 saturated carbocycles. The monoisotopic (exact) mass is 290 g/mol. The molecule has 0 aliphatic carbocycles. The molecule has 18 heavy (non-hydrogen) atoms. The number of nitrogens with one attached hydrogen (secondary N) is 1. The summed E-state index contributed by atoms with van der Waals surface area (Å²) in [6.45, 7) is 0. The predicted octanol–water partition coefficient (Wildman–Crippen LogP) is 1.14. The number of hydrogen-bond donors (Lipinski definition) is 1. The van der Waals surface area contributed by atoms with Crippen molar-refractivity contribution in [2.75, 3.05) is 7.11 Å². The van der Waals surface area contributed by atoms with E-state index in [1.807, 2.05) is 6.07 Å². The Hall–Kier alpha value is -1.98. The van der Waals surface area contributed by atoms with Gasteiger partial charge in [0.25, 0.3) is 0 Å². The van der Waals surface area contributed by atoms with Crippen molar-refractivity contribution >= 4 is 26.0 Å². The molecule has 1 N–H and O–H groups in total. The summed E-state index contributed by atoms with van der Waals surface area (Å²) in [4.78, 5) is 11.1. The molecule has 0 bridgehead atoms. The number of rotatable bonds is 3. The molecule has 96 valence electrons. The number of halogens is 1. The van der Waals surface area contributed by atoms with Crippen molar-refractivity contribution in [2.45, 2.75) is 0 Å². The summed E-state index contributed by atoms with van der Waals surface area (Å²) in [6.07, 6.45) is -1.29. The van der Waals surface area contributed by atoms with Crippen LogP contribution in [-0.4, -0.2) is 21.6 Å². The van der Waals surface area contributed by atoms with E-state index in [2.05, 4.69) is 4.74 Å². The highest BCUT2D eigenvalue weighted by Crippen LogP contribution is 2.22. The van der Waals surface area contributed by atoms with E-state index in [0.29, 0.717) is 0 Å². The van der Waals surface area contributed by atoms with Crippen molar-refractivity contribution in [3.8, 4) is 17.6 Å². The van der Waals surface area contributed by atoms with Gasteiger partial charge in [-0.2, -0.15) is 13.7 Å². The summed E-state index contributed by atoms with van der Waals surface area (Å²) in [6, 6.07) is 5.79. The second kappa shape index (κ2) is 5.57. The van der Waals surface area contributed by atoms with E-state index in [4.69, 9.17) is 20.7 Å². The molecule has 9 heteroatoms. The van der Waals surface area contributed by atoms with Gasteiger partial charge in [-0.3, -0.25) is 0 Å². The van der Waals surface area contributed by atoms with Crippen LogP contribution in [0.3, 0.4) is 0 Å². The van der Waals surface area contributed by atoms with E-state index in [0.717, 1.165) is 0 Å². The molecule has 0 spiro atoms. The summed E-state index contributed by atoms with van der Waals surface area (Å²) in [5, 5.41) is 8.72. The van der Waals surface area contributed by atoms with E-state index in [1.165, 1.54) is 30.0 Å². The van der Waals surface area contributed by atoms with Crippen molar-refractivity contribution in [1.29, 1.82) is 5.26 Å². The molecular weight excluding hydrogens is 284 g/mol. The summed E-state index contributed by atoms with van der Waals surface area (Å²) in [5.41, 5.74) is 0.186. The molecule has 0 heterocycles. The molecule has 0 saturated heterocycles. The number of methoxy groups -OCH3 is 1. The second-order valence-electron chi connectivity index (χ2n) is 2.94. The first-order valence-electron chi connectivity index (χ1n) is 4.37. The van der Waals surface area contributed by atoms with Crippen molar-refractivity contribution in [3.63, 3.8) is 0 Å². The third-order valence-corrected chi connectivity index (χ3v) is 2.30. The van der Waals surface area contributed by atoms with E-state index < -0.39 is 15.3 Å². The smallest absolute Gasteiger partial charge is 0.427 e. The standard InChI is InChI=1S/C9H7ClN2O5S/c1-16-7-2-6(5-11)3-8(4-7)17-9(13)12-18(10,14)15/h2-4H,1H3,(H,12,13). The Balaban J connectivity index is 2.91. The number of carbonyl (C=O) groups excluding carboxylic acids is 1. The topological polar surface area (TPSA) is 105 Å². The fraction of sp³-hybridized carbons (Fsp3) is 0.111. The van der Waals surface area contributed by atoms with Gasteiger partial charge < -0.3 is 9.47 Å². The first-order chi connectivity index (χ1) is 8.34. The minimum absolute atomic E-state index is 0.0521. The lowest BCUT2D eigenvalue weighted by atomic mass is 10.2. The number of amides is 1. The van der Waals surface area contributed by atoms with E-state index in [9.17, 15) is 13.2 Å². The fourth-order valence-electron chi connectivity index (χ4n) is 1.04. The minimum atomic E-state index is -4.22. The van der Waals surface area contributed by atoms with Gasteiger partial charge in [0.15, 0.2) is 0 Å². The van der Waals surface area contributed by atoms with Crippen molar-refractivity contribution < 1.29 is 22.7 Å². The predicted molar refractivity (Wildman–Crippen MR) is 61.6 cm³/mol. The zero-order chi connectivity index (χ0) is 13.8. The van der Waals surface area contributed by atoms with Crippen LogP contribution >= 0.6 is 10.7 Å². The van der Waals surface area contributed by atoms with Crippen LogP contribution < -0.4 is 14.2 Å². The SMILES string of the molecule is COc1cc(C#N)cc(OC(=O)NS(=O)(=O)Cl)c1. The first kappa shape index (κ1) is 14.1. The number of hydrogen-bond acceptors (Lipinski definition) is 6. The number of ether oxygens (including phenoxy) is 2. The van der Waals surface area contributed by atoms with Crippen LogP contribution in [0.4, 0.5) is 4.79 Å². The number of carbonyl (C=O) groups is 1. The minimum Gasteiger partial charge on any atom is -0.497 e. The fourth-order valence-corrected chi connectivity index (χ4v) is 1.47. The van der Waals surface area contributed by atoms with Gasteiger partial charge in [-0.15, -0.1) is 0 Å². The Kier molecular flexibility index (Phi) is 4.36. The lowest BCUT2D eigenvalue weighted by Crippen LogP contribution is -2.29. The molecule has 7 nitrogen and oxygen atoms in total. The lowest BCUT2D eigenvalue weighted by Gasteiger charge is -2.06. The third-order valence-electron chi connectivity index (χ3n) is 1.66. The molecule has 1 aromatic rings.